The van der Waals surface area contributed by atoms with E-state index in [0.29, 0.717) is 5.69 Å². The molecule has 0 saturated heterocycles. The number of hydrogen-bond acceptors (Lipinski definition) is 4. The first-order valence-corrected chi connectivity index (χ1v) is 3.19. The molecule has 1 rings (SSSR count). The molecule has 0 spiro atoms. The van der Waals surface area contributed by atoms with Gasteiger partial charge in [-0.2, -0.15) is 0 Å². The molecule has 12 heavy (non-hydrogen) atoms. The van der Waals surface area contributed by atoms with E-state index in [2.05, 4.69) is 26.5 Å². The van der Waals surface area contributed by atoms with Gasteiger partial charge in [0.05, 0.1) is 7.11 Å². The van der Waals surface area contributed by atoms with Crippen LogP contribution in [0, 0.1) is 11.8 Å². The second-order valence-electron chi connectivity index (χ2n) is 1.84. The maximum Gasteiger partial charge on any atom is 0.384 e. The van der Waals surface area contributed by atoms with Crippen LogP contribution in [0.2, 0.25) is 0 Å². The van der Waals surface area contributed by atoms with Crippen molar-refractivity contribution in [1.29, 1.82) is 0 Å². The second-order valence-corrected chi connectivity index (χ2v) is 1.84. The topological polar surface area (TPSA) is 52.1 Å². The molecular formula is C8H6N2O2. The zero-order valence-electron chi connectivity index (χ0n) is 6.44. The Morgan fingerprint density at radius 2 is 2.50 bits per heavy atom. The van der Waals surface area contributed by atoms with E-state index in [0.717, 1.165) is 0 Å². The van der Waals surface area contributed by atoms with Gasteiger partial charge in [0.25, 0.3) is 0 Å². The van der Waals surface area contributed by atoms with Crippen LogP contribution < -0.4 is 0 Å². The fraction of sp³-hybridized carbons (Fsp3) is 0.125. The molecule has 1 aromatic rings. The Hall–Kier alpha value is -1.89. The van der Waals surface area contributed by atoms with Crippen molar-refractivity contribution in [3.63, 3.8) is 0 Å². The minimum absolute atomic E-state index is 0.496. The molecule has 0 unspecified atom stereocenters. The molecule has 0 atom stereocenters. The Labute approximate surface area is 69.6 Å². The zero-order valence-corrected chi connectivity index (χ0v) is 6.44. The van der Waals surface area contributed by atoms with E-state index < -0.39 is 5.97 Å². The fourth-order valence-corrected chi connectivity index (χ4v) is 0.531. The van der Waals surface area contributed by atoms with Crippen molar-refractivity contribution in [1.82, 2.24) is 9.97 Å². The summed E-state index contributed by atoms with van der Waals surface area (Å²) >= 11 is 0. The monoisotopic (exact) mass is 162 g/mol. The van der Waals surface area contributed by atoms with Crippen molar-refractivity contribution in [3.8, 4) is 11.8 Å². The van der Waals surface area contributed by atoms with Crippen LogP contribution in [0.5, 0.6) is 0 Å². The number of carbonyl (C=O) groups excluding carboxylic acids is 1. The molecular weight excluding hydrogens is 156 g/mol. The summed E-state index contributed by atoms with van der Waals surface area (Å²) in [4.78, 5) is 18.0. The van der Waals surface area contributed by atoms with Crippen molar-refractivity contribution in [2.45, 2.75) is 0 Å². The van der Waals surface area contributed by atoms with Crippen LogP contribution >= 0.6 is 0 Å². The first-order valence-electron chi connectivity index (χ1n) is 3.19. The molecule has 1 heterocycles. The average molecular weight is 162 g/mol. The van der Waals surface area contributed by atoms with E-state index in [4.69, 9.17) is 0 Å². The maximum atomic E-state index is 10.5. The number of ether oxygens (including phenoxy) is 1. The van der Waals surface area contributed by atoms with Gasteiger partial charge < -0.3 is 4.74 Å². The highest BCUT2D eigenvalue weighted by Crippen LogP contribution is 1.85. The van der Waals surface area contributed by atoms with Crippen molar-refractivity contribution in [2.75, 3.05) is 7.11 Å². The van der Waals surface area contributed by atoms with Crippen molar-refractivity contribution < 1.29 is 9.53 Å². The van der Waals surface area contributed by atoms with Crippen molar-refractivity contribution >= 4 is 5.97 Å². The minimum atomic E-state index is -0.575. The van der Waals surface area contributed by atoms with E-state index in [1.54, 1.807) is 12.3 Å². The SMILES string of the molecule is COC(=O)C#Cc1ccncn1. The fourth-order valence-electron chi connectivity index (χ4n) is 0.531. The van der Waals surface area contributed by atoms with Gasteiger partial charge in [0.1, 0.15) is 12.0 Å². The van der Waals surface area contributed by atoms with Crippen LogP contribution in [0.25, 0.3) is 0 Å². The lowest BCUT2D eigenvalue weighted by atomic mass is 10.4. The maximum absolute atomic E-state index is 10.5. The van der Waals surface area contributed by atoms with Crippen LogP contribution in [0.1, 0.15) is 5.69 Å². The minimum Gasteiger partial charge on any atom is -0.459 e. The van der Waals surface area contributed by atoms with Crippen LogP contribution in [-0.4, -0.2) is 23.0 Å². The molecule has 4 heteroatoms. The predicted molar refractivity (Wildman–Crippen MR) is 40.9 cm³/mol. The van der Waals surface area contributed by atoms with Crippen LogP contribution in [0.3, 0.4) is 0 Å². The number of aromatic nitrogens is 2. The van der Waals surface area contributed by atoms with Gasteiger partial charge in [-0.05, 0) is 12.0 Å². The van der Waals surface area contributed by atoms with Crippen LogP contribution in [0.4, 0.5) is 0 Å². The van der Waals surface area contributed by atoms with Gasteiger partial charge in [0.15, 0.2) is 0 Å². The zero-order chi connectivity index (χ0) is 8.81. The van der Waals surface area contributed by atoms with Gasteiger partial charge in [-0.1, -0.05) is 0 Å². The van der Waals surface area contributed by atoms with Gasteiger partial charge in [-0.25, -0.2) is 14.8 Å². The summed E-state index contributed by atoms with van der Waals surface area (Å²) in [6.45, 7) is 0. The molecule has 4 nitrogen and oxygen atoms in total. The number of nitrogens with zero attached hydrogens (tertiary/aromatic N) is 2. The predicted octanol–water partition coefficient (Wildman–Crippen LogP) is 0.00110. The van der Waals surface area contributed by atoms with E-state index >= 15 is 0 Å². The molecule has 1 aromatic heterocycles. The van der Waals surface area contributed by atoms with E-state index in [1.165, 1.54) is 13.4 Å². The quantitative estimate of drug-likeness (QED) is 0.398. The third-order valence-electron chi connectivity index (χ3n) is 1.06. The Kier molecular flexibility index (Phi) is 2.79. The largest absolute Gasteiger partial charge is 0.459 e. The molecule has 0 amide bonds. The van der Waals surface area contributed by atoms with E-state index in [9.17, 15) is 4.79 Å². The van der Waals surface area contributed by atoms with Crippen molar-refractivity contribution in [2.24, 2.45) is 0 Å². The molecule has 0 radical (unpaired) electrons. The van der Waals surface area contributed by atoms with E-state index in [1.807, 2.05) is 0 Å². The standard InChI is InChI=1S/C8H6N2O2/c1-12-8(11)3-2-7-4-5-9-6-10-7/h4-6H,1H3. The second kappa shape index (κ2) is 4.09. The Morgan fingerprint density at radius 1 is 1.67 bits per heavy atom. The van der Waals surface area contributed by atoms with Crippen LogP contribution in [0.15, 0.2) is 18.6 Å². The normalized spacial score (nSPS) is 8.08. The van der Waals surface area contributed by atoms with E-state index in [-0.39, 0.29) is 0 Å². The molecule has 0 bridgehead atoms. The molecule has 0 aliphatic rings. The first kappa shape index (κ1) is 8.21. The lowest BCUT2D eigenvalue weighted by Gasteiger charge is -1.85. The van der Waals surface area contributed by atoms with Gasteiger partial charge in [-0.15, -0.1) is 0 Å². The van der Waals surface area contributed by atoms with Crippen molar-refractivity contribution in [3.05, 3.63) is 24.3 Å². The van der Waals surface area contributed by atoms with Gasteiger partial charge in [0.2, 0.25) is 0 Å². The molecule has 60 valence electrons. The average Bonchev–Trinajstić information content (AvgIpc) is 2.16. The third kappa shape index (κ3) is 2.39. The lowest BCUT2D eigenvalue weighted by Crippen LogP contribution is -1.94. The summed E-state index contributed by atoms with van der Waals surface area (Å²) in [6, 6.07) is 1.61. The number of methoxy groups -OCH3 is 1. The highest BCUT2D eigenvalue weighted by Gasteiger charge is 1.89. The first-order chi connectivity index (χ1) is 5.83. The molecule has 0 saturated carbocycles. The summed E-state index contributed by atoms with van der Waals surface area (Å²) in [5.41, 5.74) is 0.496. The molecule has 0 aromatic carbocycles. The molecule has 0 fully saturated rings. The Bertz CT molecular complexity index is 324. The number of carbonyl (C=O) groups is 1. The van der Waals surface area contributed by atoms with Crippen LogP contribution in [-0.2, 0) is 9.53 Å². The highest BCUT2D eigenvalue weighted by atomic mass is 16.5. The Balaban J connectivity index is 2.74. The van der Waals surface area contributed by atoms with Gasteiger partial charge >= 0.3 is 5.97 Å². The summed E-state index contributed by atoms with van der Waals surface area (Å²) in [7, 11) is 1.27. The molecule has 0 aliphatic carbocycles. The molecule has 0 N–H and O–H groups in total. The third-order valence-corrected chi connectivity index (χ3v) is 1.06. The lowest BCUT2D eigenvalue weighted by molar-refractivity contribution is -0.133. The number of hydrogen-bond donors (Lipinski definition) is 0. The number of esters is 1. The molecule has 0 aliphatic heterocycles. The summed E-state index contributed by atoms with van der Waals surface area (Å²) in [5.74, 6) is 4.19. The van der Waals surface area contributed by atoms with Gasteiger partial charge in [0, 0.05) is 12.1 Å². The summed E-state index contributed by atoms with van der Waals surface area (Å²) in [6.07, 6.45) is 2.91. The smallest absolute Gasteiger partial charge is 0.384 e. The highest BCUT2D eigenvalue weighted by molar-refractivity contribution is 5.88. The summed E-state index contributed by atoms with van der Waals surface area (Å²) < 4.78 is 4.32. The van der Waals surface area contributed by atoms with Gasteiger partial charge in [-0.3, -0.25) is 0 Å². The Morgan fingerprint density at radius 3 is 3.08 bits per heavy atom. The summed E-state index contributed by atoms with van der Waals surface area (Å²) in [5, 5.41) is 0. The number of rotatable bonds is 0.